The number of para-hydroxylation sites is 2. The van der Waals surface area contributed by atoms with Gasteiger partial charge in [-0.15, -0.1) is 0 Å². The van der Waals surface area contributed by atoms with Gasteiger partial charge < -0.3 is 0 Å². The Morgan fingerprint density at radius 1 is 0.720 bits per heavy atom. The quantitative estimate of drug-likeness (QED) is 0.508. The number of rotatable bonds is 2. The molecule has 0 saturated carbocycles. The summed E-state index contributed by atoms with van der Waals surface area (Å²) >= 11 is 0. The van der Waals surface area contributed by atoms with Gasteiger partial charge in [0.05, 0.1) is 22.4 Å². The first-order valence-corrected chi connectivity index (χ1v) is 8.46. The third-order valence-electron chi connectivity index (χ3n) is 4.63. The molecule has 25 heavy (non-hydrogen) atoms. The predicted octanol–water partition coefficient (Wildman–Crippen LogP) is 4.50. The van der Waals surface area contributed by atoms with Crippen molar-refractivity contribution in [1.29, 1.82) is 0 Å². The highest BCUT2D eigenvalue weighted by molar-refractivity contribution is 5.79. The van der Waals surface area contributed by atoms with E-state index in [-0.39, 0.29) is 0 Å². The summed E-state index contributed by atoms with van der Waals surface area (Å²) in [4.78, 5) is 9.64. The smallest absolute Gasteiger partial charge is 0.214 e. The van der Waals surface area contributed by atoms with Gasteiger partial charge >= 0.3 is 0 Å². The lowest BCUT2D eigenvalue weighted by molar-refractivity contribution is -0.603. The topological polar surface area (TPSA) is 29.7 Å². The molecule has 2 aromatic heterocycles. The predicted molar refractivity (Wildman–Crippen MR) is 101 cm³/mol. The van der Waals surface area contributed by atoms with Crippen LogP contribution in [-0.2, 0) is 0 Å². The van der Waals surface area contributed by atoms with Crippen molar-refractivity contribution >= 4 is 11.0 Å². The third-order valence-corrected chi connectivity index (χ3v) is 4.63. The molecule has 3 heteroatoms. The summed E-state index contributed by atoms with van der Waals surface area (Å²) in [6.45, 7) is 6.30. The summed E-state index contributed by atoms with van der Waals surface area (Å²) in [7, 11) is 0. The molecule has 0 amide bonds. The zero-order valence-electron chi connectivity index (χ0n) is 14.7. The number of benzene rings is 2. The number of aromatic nitrogens is 3. The van der Waals surface area contributed by atoms with E-state index in [1.165, 1.54) is 16.9 Å². The molecule has 0 unspecified atom stereocenters. The van der Waals surface area contributed by atoms with Crippen molar-refractivity contribution in [1.82, 2.24) is 9.97 Å². The van der Waals surface area contributed by atoms with E-state index in [1.807, 2.05) is 31.2 Å². The zero-order chi connectivity index (χ0) is 17.4. The molecule has 122 valence electrons. The lowest BCUT2D eigenvalue weighted by Gasteiger charge is -2.11. The summed E-state index contributed by atoms with van der Waals surface area (Å²) in [6, 6.07) is 20.6. The maximum atomic E-state index is 4.89. The second-order valence-electron chi connectivity index (χ2n) is 6.31. The minimum atomic E-state index is 0.927. The first-order valence-electron chi connectivity index (χ1n) is 8.46. The second-order valence-corrected chi connectivity index (χ2v) is 6.31. The summed E-state index contributed by atoms with van der Waals surface area (Å²) in [5.41, 5.74) is 8.47. The molecule has 0 fully saturated rings. The molecule has 0 saturated heterocycles. The molecule has 0 bridgehead atoms. The largest absolute Gasteiger partial charge is 0.249 e. The maximum Gasteiger partial charge on any atom is 0.214 e. The normalized spacial score (nSPS) is 11.0. The SMILES string of the molecule is Cc1nc2ccccc2nc1-c1cccc(-[n+]2ccccc2C)c1C. The van der Waals surface area contributed by atoms with Gasteiger partial charge in [-0.1, -0.05) is 30.3 Å². The van der Waals surface area contributed by atoms with Crippen LogP contribution in [-0.4, -0.2) is 9.97 Å². The summed E-state index contributed by atoms with van der Waals surface area (Å²) in [6.07, 6.45) is 2.10. The Hall–Kier alpha value is -3.07. The fraction of sp³-hybridized carbons (Fsp3) is 0.136. The number of hydrogen-bond acceptors (Lipinski definition) is 2. The Bertz CT molecular complexity index is 1080. The molecule has 0 N–H and O–H groups in total. The number of nitrogens with zero attached hydrogens (tertiary/aromatic N) is 3. The molecule has 2 aromatic carbocycles. The standard InChI is InChI=1S/C22H20N3/c1-15-9-6-7-14-25(15)21-13-8-10-18(16(21)2)22-17(3)23-19-11-4-5-12-20(19)24-22/h4-14H,1-3H3/q+1. The molecule has 3 nitrogen and oxygen atoms in total. The first-order chi connectivity index (χ1) is 12.1. The molecule has 0 aliphatic heterocycles. The monoisotopic (exact) mass is 326 g/mol. The van der Waals surface area contributed by atoms with Crippen LogP contribution in [0, 0.1) is 20.8 Å². The van der Waals surface area contributed by atoms with Crippen molar-refractivity contribution in [2.45, 2.75) is 20.8 Å². The lowest BCUT2D eigenvalue weighted by Crippen LogP contribution is -2.34. The molecule has 4 rings (SSSR count). The Morgan fingerprint density at radius 2 is 1.44 bits per heavy atom. The molecule has 0 atom stereocenters. The highest BCUT2D eigenvalue weighted by Gasteiger charge is 2.18. The minimum Gasteiger partial charge on any atom is -0.249 e. The van der Waals surface area contributed by atoms with E-state index < -0.39 is 0 Å². The van der Waals surface area contributed by atoms with Crippen LogP contribution in [0.3, 0.4) is 0 Å². The third kappa shape index (κ3) is 2.68. The van der Waals surface area contributed by atoms with Crippen LogP contribution in [0.15, 0.2) is 66.9 Å². The van der Waals surface area contributed by atoms with Crippen molar-refractivity contribution in [3.63, 3.8) is 0 Å². The van der Waals surface area contributed by atoms with E-state index in [9.17, 15) is 0 Å². The molecule has 0 spiro atoms. The summed E-state index contributed by atoms with van der Waals surface area (Å²) < 4.78 is 2.21. The average Bonchev–Trinajstić information content (AvgIpc) is 2.62. The van der Waals surface area contributed by atoms with Gasteiger partial charge in [0.2, 0.25) is 5.69 Å². The van der Waals surface area contributed by atoms with Crippen LogP contribution in [0.2, 0.25) is 0 Å². The van der Waals surface area contributed by atoms with Crippen LogP contribution in [0.4, 0.5) is 0 Å². The molecular formula is C22H20N3+. The molecule has 0 radical (unpaired) electrons. The molecule has 0 aliphatic rings. The van der Waals surface area contributed by atoms with Crippen LogP contribution in [0.5, 0.6) is 0 Å². The number of fused-ring (bicyclic) bond motifs is 1. The summed E-state index contributed by atoms with van der Waals surface area (Å²) in [5, 5.41) is 0. The Kier molecular flexibility index (Phi) is 3.77. The molecule has 0 aliphatic carbocycles. The van der Waals surface area contributed by atoms with Crippen molar-refractivity contribution in [2.24, 2.45) is 0 Å². The van der Waals surface area contributed by atoms with Crippen LogP contribution in [0.1, 0.15) is 17.0 Å². The van der Waals surface area contributed by atoms with Gasteiger partial charge in [-0.25, -0.2) is 9.97 Å². The van der Waals surface area contributed by atoms with Crippen LogP contribution in [0.25, 0.3) is 28.0 Å². The highest BCUT2D eigenvalue weighted by Crippen LogP contribution is 2.28. The average molecular weight is 326 g/mol. The number of hydrogen-bond donors (Lipinski definition) is 0. The van der Waals surface area contributed by atoms with Gasteiger partial charge in [-0.05, 0) is 26.0 Å². The molecular weight excluding hydrogens is 306 g/mol. The van der Waals surface area contributed by atoms with Crippen molar-refractivity contribution < 1.29 is 4.57 Å². The van der Waals surface area contributed by atoms with Gasteiger partial charge in [0, 0.05) is 36.2 Å². The Morgan fingerprint density at radius 3 is 2.20 bits per heavy atom. The van der Waals surface area contributed by atoms with E-state index in [1.54, 1.807) is 0 Å². The van der Waals surface area contributed by atoms with Gasteiger partial charge in [0.15, 0.2) is 11.9 Å². The fourth-order valence-corrected chi connectivity index (χ4v) is 3.28. The van der Waals surface area contributed by atoms with E-state index in [0.717, 1.165) is 28.0 Å². The lowest BCUT2D eigenvalue weighted by atomic mass is 10.0. The first kappa shape index (κ1) is 15.5. The van der Waals surface area contributed by atoms with Gasteiger partial charge in [-0.2, -0.15) is 4.57 Å². The van der Waals surface area contributed by atoms with Gasteiger partial charge in [0.1, 0.15) is 0 Å². The zero-order valence-corrected chi connectivity index (χ0v) is 14.7. The second kappa shape index (κ2) is 6.10. The molecule has 4 aromatic rings. The number of pyridine rings is 1. The maximum absolute atomic E-state index is 4.89. The Labute approximate surface area is 147 Å². The fourth-order valence-electron chi connectivity index (χ4n) is 3.28. The van der Waals surface area contributed by atoms with E-state index in [0.29, 0.717) is 0 Å². The molecule has 2 heterocycles. The van der Waals surface area contributed by atoms with Crippen molar-refractivity contribution in [3.05, 3.63) is 83.8 Å². The highest BCUT2D eigenvalue weighted by atomic mass is 15.0. The van der Waals surface area contributed by atoms with Crippen molar-refractivity contribution in [3.8, 4) is 16.9 Å². The van der Waals surface area contributed by atoms with E-state index >= 15 is 0 Å². The van der Waals surface area contributed by atoms with E-state index in [2.05, 4.69) is 61.0 Å². The van der Waals surface area contributed by atoms with Crippen molar-refractivity contribution in [2.75, 3.05) is 0 Å². The van der Waals surface area contributed by atoms with Crippen LogP contribution >= 0.6 is 0 Å². The summed E-state index contributed by atoms with van der Waals surface area (Å²) in [5.74, 6) is 0. The minimum absolute atomic E-state index is 0.927. The Balaban J connectivity index is 1.94. The van der Waals surface area contributed by atoms with Gasteiger partial charge in [-0.3, -0.25) is 0 Å². The van der Waals surface area contributed by atoms with E-state index in [4.69, 9.17) is 9.97 Å². The number of aryl methyl sites for hydroxylation is 2. The van der Waals surface area contributed by atoms with Gasteiger partial charge in [0.25, 0.3) is 0 Å². The van der Waals surface area contributed by atoms with Crippen LogP contribution < -0.4 is 4.57 Å².